The maximum Gasteiger partial charge on any atom is 0.434 e. The minimum atomic E-state index is -4.90. The lowest BCUT2D eigenvalue weighted by atomic mass is 9.95. The van der Waals surface area contributed by atoms with Crippen molar-refractivity contribution in [2.75, 3.05) is 24.2 Å². The number of anilines is 1. The topological polar surface area (TPSA) is 80.1 Å². The van der Waals surface area contributed by atoms with Crippen molar-refractivity contribution in [3.05, 3.63) is 52.0 Å². The van der Waals surface area contributed by atoms with Gasteiger partial charge in [0.1, 0.15) is 5.82 Å². The molecule has 2 aromatic heterocycles. The Morgan fingerprint density at radius 2 is 1.88 bits per heavy atom. The van der Waals surface area contributed by atoms with Gasteiger partial charge in [-0.3, -0.25) is 13.7 Å². The Kier molecular flexibility index (Phi) is 11.5. The molecule has 3 rings (SSSR count). The van der Waals surface area contributed by atoms with E-state index in [1.54, 1.807) is 27.0 Å². The predicted octanol–water partition coefficient (Wildman–Crippen LogP) is 6.73. The van der Waals surface area contributed by atoms with Crippen molar-refractivity contribution in [3.63, 3.8) is 0 Å². The Bertz CT molecular complexity index is 1440. The highest BCUT2D eigenvalue weighted by molar-refractivity contribution is 8.03. The fraction of sp³-hybridized carbons (Fsp3) is 0.517. The van der Waals surface area contributed by atoms with Crippen molar-refractivity contribution in [1.29, 1.82) is 0 Å². The summed E-state index contributed by atoms with van der Waals surface area (Å²) in [5, 5.41) is 6.67. The number of carbonyl (C=O) groups is 1. The smallest absolute Gasteiger partial charge is 0.356 e. The summed E-state index contributed by atoms with van der Waals surface area (Å²) in [4.78, 5) is 19.5. The molecule has 1 amide bonds. The molecular weight excluding hydrogens is 577 g/mol. The molecule has 0 spiro atoms. The number of hydrogen-bond donors (Lipinski definition) is 1. The monoisotopic (exact) mass is 617 g/mol. The Balaban J connectivity index is 0.00000301. The van der Waals surface area contributed by atoms with Crippen LogP contribution in [0.5, 0.6) is 0 Å². The number of aryl methyl sites for hydroxylation is 1. The molecule has 0 saturated carbocycles. The van der Waals surface area contributed by atoms with Crippen molar-refractivity contribution in [3.8, 4) is 11.1 Å². The molecule has 0 aliphatic carbocycles. The normalized spacial score (nSPS) is 17.6. The summed E-state index contributed by atoms with van der Waals surface area (Å²) in [5.74, 6) is -0.390. The first kappa shape index (κ1) is 35.0. The second-order valence-corrected chi connectivity index (χ2v) is 12.5. The molecule has 0 radical (unpaired) electrons. The van der Waals surface area contributed by atoms with E-state index in [1.807, 2.05) is 13.8 Å². The molecule has 42 heavy (non-hydrogen) atoms. The average Bonchev–Trinajstić information content (AvgIpc) is 3.24. The van der Waals surface area contributed by atoms with Gasteiger partial charge in [-0.1, -0.05) is 26.8 Å². The third-order valence-corrected chi connectivity index (χ3v) is 8.24. The van der Waals surface area contributed by atoms with Gasteiger partial charge in [-0.25, -0.2) is 13.8 Å². The molecule has 1 N–H and O–H groups in total. The van der Waals surface area contributed by atoms with Crippen LogP contribution in [-0.4, -0.2) is 56.0 Å². The summed E-state index contributed by atoms with van der Waals surface area (Å²) >= 11 is 0. The Labute approximate surface area is 244 Å². The van der Waals surface area contributed by atoms with Gasteiger partial charge in [0.15, 0.2) is 5.69 Å². The van der Waals surface area contributed by atoms with Crippen molar-refractivity contribution in [2.24, 2.45) is 7.05 Å². The summed E-state index contributed by atoms with van der Waals surface area (Å²) in [5.41, 5.74) is -1.39. The van der Waals surface area contributed by atoms with Crippen molar-refractivity contribution < 1.29 is 31.0 Å². The van der Waals surface area contributed by atoms with Gasteiger partial charge in [-0.05, 0) is 53.7 Å². The van der Waals surface area contributed by atoms with Crippen LogP contribution in [0.1, 0.15) is 75.0 Å². The van der Waals surface area contributed by atoms with Crippen LogP contribution in [0.2, 0.25) is 0 Å². The molecule has 7 nitrogen and oxygen atoms in total. The van der Waals surface area contributed by atoms with E-state index >= 15 is 0 Å². The van der Waals surface area contributed by atoms with Gasteiger partial charge in [0.2, 0.25) is 5.92 Å². The summed E-state index contributed by atoms with van der Waals surface area (Å²) < 4.78 is 85.3. The molecule has 1 unspecified atom stereocenters. The average molecular weight is 618 g/mol. The standard InChI is InChI=1S/C27H34F5N5O2S.C2H6/c1-7-19(14-20(8-2)40(5,6)39)34-25(38)22-17(3)21(18-15-33-36(4)16-18)23(27(30,31)32)35-24(22)37-12-9-10-26(28,29)11-13-37;1-2/h7,14-16H,5,8-13H2,1-4,6H3,(H,34,38);1-2H3/b19-7+,20-14+;. The van der Waals surface area contributed by atoms with Crippen LogP contribution in [0, 0.1) is 6.92 Å². The number of rotatable bonds is 7. The maximum absolute atomic E-state index is 14.4. The van der Waals surface area contributed by atoms with Gasteiger partial charge >= 0.3 is 6.18 Å². The van der Waals surface area contributed by atoms with E-state index < -0.39 is 46.1 Å². The fourth-order valence-corrected chi connectivity index (χ4v) is 5.65. The molecule has 0 aromatic carbocycles. The molecular formula is C29H40F5N5O2S. The van der Waals surface area contributed by atoms with Gasteiger partial charge < -0.3 is 10.2 Å². The van der Waals surface area contributed by atoms with Gasteiger partial charge in [0.25, 0.3) is 5.91 Å². The van der Waals surface area contributed by atoms with Crippen molar-refractivity contribution >= 4 is 27.1 Å². The second kappa shape index (κ2) is 13.8. The molecule has 1 fully saturated rings. The fourth-order valence-electron chi connectivity index (χ4n) is 4.66. The first-order valence-corrected chi connectivity index (χ1v) is 15.9. The van der Waals surface area contributed by atoms with E-state index in [2.05, 4.69) is 21.3 Å². The molecule has 13 heteroatoms. The zero-order valence-electron chi connectivity index (χ0n) is 25.2. The van der Waals surface area contributed by atoms with Crippen LogP contribution >= 0.6 is 0 Å². The molecule has 234 valence electrons. The summed E-state index contributed by atoms with van der Waals surface area (Å²) in [7, 11) is -1.04. The molecule has 2 aromatic rings. The highest BCUT2D eigenvalue weighted by Gasteiger charge is 2.41. The van der Waals surface area contributed by atoms with Gasteiger partial charge in [0, 0.05) is 67.2 Å². The highest BCUT2D eigenvalue weighted by atomic mass is 32.2. The molecule has 1 saturated heterocycles. The number of amides is 1. The molecule has 1 aliphatic heterocycles. The van der Waals surface area contributed by atoms with E-state index in [1.165, 1.54) is 41.2 Å². The van der Waals surface area contributed by atoms with Crippen LogP contribution in [0.25, 0.3) is 11.1 Å². The number of allylic oxidation sites excluding steroid dienone is 3. The molecule has 0 bridgehead atoms. The van der Waals surface area contributed by atoms with Gasteiger partial charge in [0.05, 0.1) is 11.8 Å². The van der Waals surface area contributed by atoms with Crippen molar-refractivity contribution in [2.45, 2.75) is 72.4 Å². The Morgan fingerprint density at radius 1 is 1.24 bits per heavy atom. The molecule has 3 heterocycles. The quantitative estimate of drug-likeness (QED) is 0.212. The first-order valence-electron chi connectivity index (χ1n) is 13.7. The van der Waals surface area contributed by atoms with Crippen molar-refractivity contribution in [1.82, 2.24) is 20.1 Å². The Morgan fingerprint density at radius 3 is 2.38 bits per heavy atom. The van der Waals surface area contributed by atoms with E-state index in [-0.39, 0.29) is 53.3 Å². The van der Waals surface area contributed by atoms with Gasteiger partial charge in [-0.2, -0.15) is 18.3 Å². The van der Waals surface area contributed by atoms with E-state index in [9.17, 15) is 31.0 Å². The number of pyridine rings is 1. The lowest BCUT2D eigenvalue weighted by Crippen LogP contribution is -2.33. The molecule has 1 atom stereocenters. The minimum absolute atomic E-state index is 0.00159. The highest BCUT2D eigenvalue weighted by Crippen LogP contribution is 2.42. The van der Waals surface area contributed by atoms with E-state index in [0.717, 1.165) is 0 Å². The third kappa shape index (κ3) is 8.42. The number of carbonyl (C=O) groups excluding carboxylic acids is 1. The zero-order valence-corrected chi connectivity index (χ0v) is 26.0. The van der Waals surface area contributed by atoms with Gasteiger partial charge in [-0.15, -0.1) is 0 Å². The summed E-state index contributed by atoms with van der Waals surface area (Å²) in [6, 6.07) is 0. The summed E-state index contributed by atoms with van der Waals surface area (Å²) in [6.45, 7) is 8.52. The van der Waals surface area contributed by atoms with Crippen LogP contribution in [0.3, 0.4) is 0 Å². The maximum atomic E-state index is 14.4. The lowest BCUT2D eigenvalue weighted by Gasteiger charge is -2.28. The Hall–Kier alpha value is -3.22. The lowest BCUT2D eigenvalue weighted by molar-refractivity contribution is -0.140. The third-order valence-electron chi connectivity index (χ3n) is 6.72. The van der Waals surface area contributed by atoms with Crippen LogP contribution in [0.15, 0.2) is 35.1 Å². The number of hydrogen-bond acceptors (Lipinski definition) is 5. The van der Waals surface area contributed by atoms with Crippen LogP contribution in [0.4, 0.5) is 27.8 Å². The predicted molar refractivity (Wildman–Crippen MR) is 159 cm³/mol. The number of alkyl halides is 5. The minimum Gasteiger partial charge on any atom is -0.356 e. The van der Waals surface area contributed by atoms with E-state index in [0.29, 0.717) is 11.3 Å². The van der Waals surface area contributed by atoms with Crippen LogP contribution < -0.4 is 10.2 Å². The SMILES string of the molecule is C=S(C)(=O)/C(=C/C(=C\C)NC(=O)c1c(N2CCCC(F)(F)CC2)nc(C(F)(F)F)c(-c2cnn(C)c2)c1C)CC.CC. The number of nitrogens with one attached hydrogen (secondary N) is 1. The number of halogens is 5. The number of aromatic nitrogens is 3. The zero-order chi connectivity index (χ0) is 32.0. The number of nitrogens with zero attached hydrogens (tertiary/aromatic N) is 4. The first-order chi connectivity index (χ1) is 19.5. The molecule has 1 aliphatic rings. The second-order valence-electron chi connectivity index (χ2n) is 9.92. The van der Waals surface area contributed by atoms with E-state index in [4.69, 9.17) is 0 Å². The largest absolute Gasteiger partial charge is 0.434 e. The summed E-state index contributed by atoms with van der Waals surface area (Å²) in [6.07, 6.45) is 1.67. The van der Waals surface area contributed by atoms with Crippen LogP contribution in [-0.2, 0) is 22.7 Å².